The smallest absolute Gasteiger partial charge is 0.300 e. The Bertz CT molecular complexity index is 1320. The van der Waals surface area contributed by atoms with Crippen LogP contribution in [0.4, 0.5) is 11.4 Å². The number of hydrogen-bond acceptors (Lipinski definition) is 5. The molecule has 1 heterocycles. The van der Waals surface area contributed by atoms with E-state index < -0.39 is 17.7 Å². The van der Waals surface area contributed by atoms with Crippen molar-refractivity contribution in [1.82, 2.24) is 0 Å². The summed E-state index contributed by atoms with van der Waals surface area (Å²) >= 11 is 0. The fourth-order valence-corrected chi connectivity index (χ4v) is 4.79. The van der Waals surface area contributed by atoms with Gasteiger partial charge in [-0.2, -0.15) is 0 Å². The van der Waals surface area contributed by atoms with Gasteiger partial charge in [0.15, 0.2) is 0 Å². The van der Waals surface area contributed by atoms with Gasteiger partial charge in [-0.15, -0.1) is 0 Å². The van der Waals surface area contributed by atoms with Gasteiger partial charge in [0.1, 0.15) is 11.5 Å². The van der Waals surface area contributed by atoms with Gasteiger partial charge < -0.3 is 14.7 Å². The first-order valence-corrected chi connectivity index (χ1v) is 13.2. The third-order valence-electron chi connectivity index (χ3n) is 6.77. The van der Waals surface area contributed by atoms with Gasteiger partial charge in [0.25, 0.3) is 11.7 Å². The highest BCUT2D eigenvalue weighted by Gasteiger charge is 2.47. The van der Waals surface area contributed by atoms with Crippen molar-refractivity contribution in [1.29, 1.82) is 0 Å². The van der Waals surface area contributed by atoms with E-state index >= 15 is 0 Å². The number of carbonyl (C=O) groups is 2. The van der Waals surface area contributed by atoms with E-state index in [9.17, 15) is 14.7 Å². The summed E-state index contributed by atoms with van der Waals surface area (Å²) in [7, 11) is 0. The average Bonchev–Trinajstić information content (AvgIpc) is 3.18. The first-order valence-electron chi connectivity index (χ1n) is 13.2. The lowest BCUT2D eigenvalue weighted by molar-refractivity contribution is -0.132. The summed E-state index contributed by atoms with van der Waals surface area (Å²) in [5, 5.41) is 11.4. The Balaban J connectivity index is 1.79. The van der Waals surface area contributed by atoms with Crippen LogP contribution in [0.2, 0.25) is 0 Å². The van der Waals surface area contributed by atoms with Gasteiger partial charge in [-0.05, 0) is 80.8 Å². The summed E-state index contributed by atoms with van der Waals surface area (Å²) in [5.74, 6) is -0.506. The fraction of sp³-hybridized carbons (Fsp3) is 0.312. The Morgan fingerprint density at radius 3 is 2.21 bits per heavy atom. The van der Waals surface area contributed by atoms with Gasteiger partial charge in [0, 0.05) is 30.0 Å². The van der Waals surface area contributed by atoms with Crippen LogP contribution in [0.15, 0.2) is 78.4 Å². The number of Topliss-reactive ketones (excluding diaryl/α,β-unsaturated/α-hetero) is 1. The van der Waals surface area contributed by atoms with Crippen molar-refractivity contribution in [2.75, 3.05) is 29.5 Å². The fourth-order valence-electron chi connectivity index (χ4n) is 4.79. The van der Waals surface area contributed by atoms with Crippen LogP contribution in [-0.4, -0.2) is 36.5 Å². The Labute approximate surface area is 225 Å². The van der Waals surface area contributed by atoms with Crippen LogP contribution in [0.1, 0.15) is 50.4 Å². The van der Waals surface area contributed by atoms with Crippen LogP contribution >= 0.6 is 0 Å². The summed E-state index contributed by atoms with van der Waals surface area (Å²) in [5.41, 5.74) is 3.93. The average molecular weight is 513 g/mol. The van der Waals surface area contributed by atoms with Crippen LogP contribution in [0.3, 0.4) is 0 Å². The molecule has 1 amide bonds. The van der Waals surface area contributed by atoms with Gasteiger partial charge in [0.05, 0.1) is 18.2 Å². The normalized spacial score (nSPS) is 16.8. The van der Waals surface area contributed by atoms with E-state index in [2.05, 4.69) is 32.6 Å². The van der Waals surface area contributed by atoms with E-state index in [1.54, 1.807) is 24.3 Å². The predicted molar refractivity (Wildman–Crippen MR) is 153 cm³/mol. The van der Waals surface area contributed by atoms with Gasteiger partial charge in [-0.25, -0.2) is 0 Å². The minimum atomic E-state index is -0.758. The van der Waals surface area contributed by atoms with E-state index in [1.165, 1.54) is 4.90 Å². The Morgan fingerprint density at radius 2 is 1.63 bits per heavy atom. The Hall–Kier alpha value is -4.06. The molecule has 1 saturated heterocycles. The highest BCUT2D eigenvalue weighted by molar-refractivity contribution is 6.51. The molecule has 0 saturated carbocycles. The summed E-state index contributed by atoms with van der Waals surface area (Å²) < 4.78 is 5.76. The van der Waals surface area contributed by atoms with E-state index in [4.69, 9.17) is 4.74 Å². The van der Waals surface area contributed by atoms with Crippen molar-refractivity contribution >= 4 is 28.8 Å². The standard InChI is InChI=1S/C32H36N2O4/c1-6-33(7-2)25-13-15-26(16-14-25)34-29(24-10-8-9-22(5)19-24)28(31(36)32(34)37)30(35)23-11-17-27(18-12-23)38-20-21(3)4/h8-19,21,29,35H,6-7,20H2,1-5H3/b30-28-. The number of rotatable bonds is 9. The second kappa shape index (κ2) is 11.5. The number of ketones is 1. The molecular weight excluding hydrogens is 476 g/mol. The SMILES string of the molecule is CCN(CC)c1ccc(N2C(=O)C(=O)/C(=C(\O)c3ccc(OCC(C)C)cc3)C2c2cccc(C)c2)cc1. The van der Waals surface area contributed by atoms with Crippen molar-refractivity contribution in [2.45, 2.75) is 40.7 Å². The maximum Gasteiger partial charge on any atom is 0.300 e. The van der Waals surface area contributed by atoms with Gasteiger partial charge in [0.2, 0.25) is 0 Å². The zero-order valence-electron chi connectivity index (χ0n) is 22.8. The van der Waals surface area contributed by atoms with Crippen molar-refractivity contribution in [3.05, 3.63) is 95.1 Å². The first kappa shape index (κ1) is 27.0. The van der Waals surface area contributed by atoms with Crippen LogP contribution < -0.4 is 14.5 Å². The predicted octanol–water partition coefficient (Wildman–Crippen LogP) is 6.50. The topological polar surface area (TPSA) is 70.1 Å². The number of aliphatic hydroxyl groups excluding tert-OH is 1. The molecule has 0 bridgehead atoms. The first-order chi connectivity index (χ1) is 18.2. The minimum absolute atomic E-state index is 0.0734. The largest absolute Gasteiger partial charge is 0.507 e. The highest BCUT2D eigenvalue weighted by Crippen LogP contribution is 2.42. The molecule has 1 atom stereocenters. The molecule has 3 aromatic rings. The number of nitrogens with zero attached hydrogens (tertiary/aromatic N) is 2. The second-order valence-electron chi connectivity index (χ2n) is 10.0. The zero-order valence-corrected chi connectivity index (χ0v) is 22.8. The molecule has 4 rings (SSSR count). The number of ether oxygens (including phenoxy) is 1. The molecule has 1 N–H and O–H groups in total. The molecule has 1 aliphatic rings. The molecule has 3 aromatic carbocycles. The number of aliphatic hydroxyl groups is 1. The maximum atomic E-state index is 13.5. The Morgan fingerprint density at radius 1 is 0.974 bits per heavy atom. The Kier molecular flexibility index (Phi) is 8.20. The molecular formula is C32H36N2O4. The second-order valence-corrected chi connectivity index (χ2v) is 10.0. The maximum absolute atomic E-state index is 13.5. The lowest BCUT2D eigenvalue weighted by atomic mass is 9.94. The number of carbonyl (C=O) groups excluding carboxylic acids is 2. The summed E-state index contributed by atoms with van der Waals surface area (Å²) in [6.45, 7) is 12.6. The lowest BCUT2D eigenvalue weighted by Gasteiger charge is -2.27. The van der Waals surface area contributed by atoms with Gasteiger partial charge in [-0.3, -0.25) is 14.5 Å². The minimum Gasteiger partial charge on any atom is -0.507 e. The molecule has 0 radical (unpaired) electrons. The quantitative estimate of drug-likeness (QED) is 0.201. The molecule has 6 nitrogen and oxygen atoms in total. The number of anilines is 2. The van der Waals surface area contributed by atoms with Crippen molar-refractivity contribution < 1.29 is 19.4 Å². The van der Waals surface area contributed by atoms with Gasteiger partial charge >= 0.3 is 0 Å². The molecule has 6 heteroatoms. The summed E-state index contributed by atoms with van der Waals surface area (Å²) in [6.07, 6.45) is 0. The highest BCUT2D eigenvalue weighted by atomic mass is 16.5. The molecule has 1 fully saturated rings. The van der Waals surface area contributed by atoms with Crippen LogP contribution in [0, 0.1) is 12.8 Å². The van der Waals surface area contributed by atoms with Crippen molar-refractivity contribution in [2.24, 2.45) is 5.92 Å². The summed E-state index contributed by atoms with van der Waals surface area (Å²) in [6, 6.07) is 21.5. The monoisotopic (exact) mass is 512 g/mol. The number of hydrogen-bond donors (Lipinski definition) is 1. The van der Waals surface area contributed by atoms with Crippen LogP contribution in [-0.2, 0) is 9.59 Å². The third-order valence-corrected chi connectivity index (χ3v) is 6.77. The zero-order chi connectivity index (χ0) is 27.4. The van der Waals surface area contributed by atoms with E-state index in [0.29, 0.717) is 29.5 Å². The molecule has 1 aliphatic heterocycles. The number of aryl methyl sites for hydroxylation is 1. The number of amides is 1. The molecule has 198 valence electrons. The molecule has 0 aliphatic carbocycles. The molecule has 0 aromatic heterocycles. The molecule has 0 spiro atoms. The van der Waals surface area contributed by atoms with Crippen LogP contribution in [0.25, 0.3) is 5.76 Å². The number of benzene rings is 3. The van der Waals surface area contributed by atoms with E-state index in [-0.39, 0.29) is 11.3 Å². The van der Waals surface area contributed by atoms with E-state index in [1.807, 2.05) is 55.5 Å². The molecule has 38 heavy (non-hydrogen) atoms. The summed E-state index contributed by atoms with van der Waals surface area (Å²) in [4.78, 5) is 30.6. The third kappa shape index (κ3) is 5.44. The molecule has 1 unspecified atom stereocenters. The van der Waals surface area contributed by atoms with Crippen molar-refractivity contribution in [3.8, 4) is 5.75 Å². The van der Waals surface area contributed by atoms with E-state index in [0.717, 1.165) is 29.9 Å². The van der Waals surface area contributed by atoms with Crippen LogP contribution in [0.5, 0.6) is 5.75 Å². The van der Waals surface area contributed by atoms with Crippen molar-refractivity contribution in [3.63, 3.8) is 0 Å². The van der Waals surface area contributed by atoms with Gasteiger partial charge in [-0.1, -0.05) is 43.7 Å². The lowest BCUT2D eigenvalue weighted by Crippen LogP contribution is -2.29.